The first-order chi connectivity index (χ1) is 11.4. The van der Waals surface area contributed by atoms with E-state index in [0.29, 0.717) is 12.8 Å². The van der Waals surface area contributed by atoms with Gasteiger partial charge in [0.25, 0.3) is 5.91 Å². The standard InChI is InChI=1S/C16H12F3N3OS/c1-8-7-24-12(21-8)3-2-4-22-11(6-20)9-5-10(17)14(18)15(19)13(9)16(22)23/h5,7,11H,2-4H2,1H3. The van der Waals surface area contributed by atoms with Crippen LogP contribution in [0.5, 0.6) is 0 Å². The number of carbonyl (C=O) groups excluding carboxylic acids is 1. The number of nitriles is 1. The van der Waals surface area contributed by atoms with E-state index in [-0.39, 0.29) is 12.1 Å². The molecule has 0 spiro atoms. The summed E-state index contributed by atoms with van der Waals surface area (Å²) in [4.78, 5) is 17.8. The molecule has 0 radical (unpaired) electrons. The zero-order valence-corrected chi connectivity index (χ0v) is 13.5. The summed E-state index contributed by atoms with van der Waals surface area (Å²) in [6.45, 7) is 2.05. The normalized spacial score (nSPS) is 16.4. The monoisotopic (exact) mass is 351 g/mol. The molecule has 0 fully saturated rings. The third kappa shape index (κ3) is 2.65. The number of hydrogen-bond donors (Lipinski definition) is 0. The molecule has 24 heavy (non-hydrogen) atoms. The van der Waals surface area contributed by atoms with Gasteiger partial charge in [-0.25, -0.2) is 18.2 Å². The van der Waals surface area contributed by atoms with E-state index in [4.69, 9.17) is 0 Å². The maximum atomic E-state index is 13.9. The summed E-state index contributed by atoms with van der Waals surface area (Å²) in [7, 11) is 0. The van der Waals surface area contributed by atoms with Crippen LogP contribution < -0.4 is 0 Å². The molecule has 1 unspecified atom stereocenters. The number of aryl methyl sites for hydroxylation is 2. The summed E-state index contributed by atoms with van der Waals surface area (Å²) in [6.07, 6.45) is 1.11. The minimum Gasteiger partial charge on any atom is -0.318 e. The number of aromatic nitrogens is 1. The molecule has 1 aromatic carbocycles. The predicted octanol–water partition coefficient (Wildman–Crippen LogP) is 3.52. The van der Waals surface area contributed by atoms with Crippen LogP contribution >= 0.6 is 11.3 Å². The summed E-state index contributed by atoms with van der Waals surface area (Å²) < 4.78 is 40.7. The van der Waals surface area contributed by atoms with Gasteiger partial charge in [0, 0.05) is 29.6 Å². The van der Waals surface area contributed by atoms with Crippen molar-refractivity contribution in [3.05, 3.63) is 50.7 Å². The predicted molar refractivity (Wildman–Crippen MR) is 80.9 cm³/mol. The number of carbonyl (C=O) groups is 1. The van der Waals surface area contributed by atoms with E-state index < -0.39 is 35.0 Å². The molecular formula is C16H12F3N3OS. The number of thiazole rings is 1. The largest absolute Gasteiger partial charge is 0.318 e. The Bertz CT molecular complexity index is 859. The van der Waals surface area contributed by atoms with Crippen LogP contribution in [-0.4, -0.2) is 22.3 Å². The lowest BCUT2D eigenvalue weighted by Gasteiger charge is -2.19. The maximum Gasteiger partial charge on any atom is 0.258 e. The second-order valence-corrected chi connectivity index (χ2v) is 6.41. The second kappa shape index (κ2) is 6.24. The average Bonchev–Trinajstić information content (AvgIpc) is 3.07. The molecule has 2 aromatic rings. The molecule has 3 rings (SSSR count). The van der Waals surface area contributed by atoms with Gasteiger partial charge < -0.3 is 4.90 Å². The average molecular weight is 351 g/mol. The Kier molecular flexibility index (Phi) is 4.28. The summed E-state index contributed by atoms with van der Waals surface area (Å²) in [5.41, 5.74) is 0.233. The molecule has 1 aliphatic heterocycles. The van der Waals surface area contributed by atoms with Crippen molar-refractivity contribution in [2.24, 2.45) is 0 Å². The number of benzene rings is 1. The molecule has 0 bridgehead atoms. The number of nitrogens with zero attached hydrogens (tertiary/aromatic N) is 3. The Hall–Kier alpha value is -2.40. The third-order valence-corrected chi connectivity index (χ3v) is 4.88. The van der Waals surface area contributed by atoms with Gasteiger partial charge in [0.2, 0.25) is 0 Å². The molecular weight excluding hydrogens is 339 g/mol. The van der Waals surface area contributed by atoms with Crippen LogP contribution in [0, 0.1) is 35.7 Å². The highest BCUT2D eigenvalue weighted by atomic mass is 32.1. The van der Waals surface area contributed by atoms with Crippen LogP contribution in [0.25, 0.3) is 0 Å². The number of fused-ring (bicyclic) bond motifs is 1. The topological polar surface area (TPSA) is 57.0 Å². The molecule has 1 atom stereocenters. The maximum absolute atomic E-state index is 13.9. The van der Waals surface area contributed by atoms with Crippen molar-refractivity contribution < 1.29 is 18.0 Å². The van der Waals surface area contributed by atoms with Gasteiger partial charge in [0.1, 0.15) is 6.04 Å². The first-order valence-corrected chi connectivity index (χ1v) is 8.11. The highest BCUT2D eigenvalue weighted by molar-refractivity contribution is 7.09. The molecule has 0 aliphatic carbocycles. The summed E-state index contributed by atoms with van der Waals surface area (Å²) in [5, 5.41) is 12.1. The lowest BCUT2D eigenvalue weighted by molar-refractivity contribution is 0.0752. The smallest absolute Gasteiger partial charge is 0.258 e. The van der Waals surface area contributed by atoms with Gasteiger partial charge in [-0.2, -0.15) is 5.26 Å². The molecule has 2 heterocycles. The van der Waals surface area contributed by atoms with E-state index in [9.17, 15) is 23.2 Å². The molecule has 0 N–H and O–H groups in total. The fraction of sp³-hybridized carbons (Fsp3) is 0.312. The quantitative estimate of drug-likeness (QED) is 0.792. The van der Waals surface area contributed by atoms with E-state index in [0.717, 1.165) is 21.7 Å². The molecule has 8 heteroatoms. The molecule has 0 saturated heterocycles. The van der Waals surface area contributed by atoms with E-state index >= 15 is 0 Å². The van der Waals surface area contributed by atoms with Crippen molar-refractivity contribution in [2.45, 2.75) is 25.8 Å². The fourth-order valence-electron chi connectivity index (χ4n) is 2.76. The van der Waals surface area contributed by atoms with E-state index in [1.54, 1.807) is 0 Å². The molecule has 4 nitrogen and oxygen atoms in total. The zero-order valence-electron chi connectivity index (χ0n) is 12.6. The lowest BCUT2D eigenvalue weighted by Crippen LogP contribution is -2.29. The number of amides is 1. The Balaban J connectivity index is 1.81. The third-order valence-electron chi connectivity index (χ3n) is 3.85. The van der Waals surface area contributed by atoms with Crippen LogP contribution in [0.2, 0.25) is 0 Å². The molecule has 0 saturated carbocycles. The van der Waals surface area contributed by atoms with Crippen molar-refractivity contribution in [2.75, 3.05) is 6.54 Å². The molecule has 1 aromatic heterocycles. The van der Waals surface area contributed by atoms with Gasteiger partial charge in [-0.1, -0.05) is 0 Å². The number of rotatable bonds is 4. The van der Waals surface area contributed by atoms with E-state index in [1.165, 1.54) is 11.3 Å². The number of hydrogen-bond acceptors (Lipinski definition) is 4. The van der Waals surface area contributed by atoms with Crippen molar-refractivity contribution in [3.63, 3.8) is 0 Å². The highest BCUT2D eigenvalue weighted by Crippen LogP contribution is 2.36. The van der Waals surface area contributed by atoms with E-state index in [2.05, 4.69) is 4.98 Å². The Morgan fingerprint density at radius 1 is 1.38 bits per heavy atom. The van der Waals surface area contributed by atoms with E-state index in [1.807, 2.05) is 18.4 Å². The molecule has 124 valence electrons. The van der Waals surface area contributed by atoms with Crippen LogP contribution in [0.15, 0.2) is 11.4 Å². The SMILES string of the molecule is Cc1csc(CCCN2C(=O)c3c(cc(F)c(F)c3F)C2C#N)n1. The van der Waals surface area contributed by atoms with Crippen molar-refractivity contribution in [3.8, 4) is 6.07 Å². The van der Waals surface area contributed by atoms with Crippen molar-refractivity contribution in [1.82, 2.24) is 9.88 Å². The van der Waals surface area contributed by atoms with Gasteiger partial charge in [0.05, 0.1) is 16.6 Å². The minimum absolute atomic E-state index is 0.121. The van der Waals surface area contributed by atoms with Crippen LogP contribution in [0.4, 0.5) is 13.2 Å². The van der Waals surface area contributed by atoms with Gasteiger partial charge in [-0.05, 0) is 19.4 Å². The van der Waals surface area contributed by atoms with Gasteiger partial charge >= 0.3 is 0 Å². The Labute approximate surface area is 140 Å². The summed E-state index contributed by atoms with van der Waals surface area (Å²) in [5.74, 6) is -5.42. The van der Waals surface area contributed by atoms with Crippen molar-refractivity contribution in [1.29, 1.82) is 5.26 Å². The lowest BCUT2D eigenvalue weighted by atomic mass is 10.0. The molecule has 1 amide bonds. The van der Waals surface area contributed by atoms with Gasteiger partial charge in [-0.15, -0.1) is 11.3 Å². The number of halogens is 3. The second-order valence-electron chi connectivity index (χ2n) is 5.47. The highest BCUT2D eigenvalue weighted by Gasteiger charge is 2.40. The zero-order chi connectivity index (χ0) is 17.4. The summed E-state index contributed by atoms with van der Waals surface area (Å²) >= 11 is 1.49. The first-order valence-electron chi connectivity index (χ1n) is 7.23. The fourth-order valence-corrected chi connectivity index (χ4v) is 3.58. The summed E-state index contributed by atoms with van der Waals surface area (Å²) in [6, 6.07) is 1.47. The van der Waals surface area contributed by atoms with Crippen LogP contribution in [-0.2, 0) is 6.42 Å². The van der Waals surface area contributed by atoms with Crippen LogP contribution in [0.1, 0.15) is 39.1 Å². The van der Waals surface area contributed by atoms with Crippen LogP contribution in [0.3, 0.4) is 0 Å². The Morgan fingerprint density at radius 2 is 2.12 bits per heavy atom. The first kappa shape index (κ1) is 16.5. The van der Waals surface area contributed by atoms with Gasteiger partial charge in [0.15, 0.2) is 17.5 Å². The van der Waals surface area contributed by atoms with Gasteiger partial charge in [-0.3, -0.25) is 4.79 Å². The molecule has 1 aliphatic rings. The Morgan fingerprint density at radius 3 is 2.75 bits per heavy atom. The minimum atomic E-state index is -1.70. The van der Waals surface area contributed by atoms with Crippen molar-refractivity contribution >= 4 is 17.2 Å².